The summed E-state index contributed by atoms with van der Waals surface area (Å²) in [5, 5.41) is 2.61. The Balaban J connectivity index is 2.05. The highest BCUT2D eigenvalue weighted by Crippen LogP contribution is 2.10. The molecule has 2 aromatic rings. The summed E-state index contributed by atoms with van der Waals surface area (Å²) in [6.45, 7) is 0.206. The van der Waals surface area contributed by atoms with Crippen molar-refractivity contribution < 1.29 is 13.2 Å². The van der Waals surface area contributed by atoms with Gasteiger partial charge in [0, 0.05) is 31.3 Å². The molecular weight excluding hydrogens is 292 g/mol. The van der Waals surface area contributed by atoms with Crippen molar-refractivity contribution in [3.8, 4) is 0 Å². The number of pyridine rings is 1. The third-order valence-electron chi connectivity index (χ3n) is 2.87. The van der Waals surface area contributed by atoms with E-state index < -0.39 is 15.7 Å². The normalized spacial score (nSPS) is 11.1. The predicted octanol–water partition coefficient (Wildman–Crippen LogP) is 0.708. The number of hydrogen-bond acceptors (Lipinski definition) is 4. The highest BCUT2D eigenvalue weighted by molar-refractivity contribution is 7.90. The standard InChI is InChI=1S/C14H14N2O4S/c1-21(19,20)11-4-2-10(3-5-11)8-16-14(18)12-9-15-7-6-13(12)17/h2-7,9H,8H2,1H3,(H,15,17)(H,16,18). The van der Waals surface area contributed by atoms with Crippen molar-refractivity contribution >= 4 is 15.7 Å². The molecule has 1 aromatic carbocycles. The fraction of sp³-hybridized carbons (Fsp3) is 0.143. The van der Waals surface area contributed by atoms with Crippen LogP contribution in [0.15, 0.2) is 52.4 Å². The molecule has 110 valence electrons. The molecule has 2 rings (SSSR count). The van der Waals surface area contributed by atoms with Crippen LogP contribution in [0.1, 0.15) is 15.9 Å². The summed E-state index contributed by atoms with van der Waals surface area (Å²) in [5.41, 5.74) is 0.409. The van der Waals surface area contributed by atoms with E-state index >= 15 is 0 Å². The van der Waals surface area contributed by atoms with Crippen molar-refractivity contribution in [3.05, 3.63) is 64.1 Å². The van der Waals surface area contributed by atoms with E-state index in [1.165, 1.54) is 30.6 Å². The van der Waals surface area contributed by atoms with Gasteiger partial charge in [0.05, 0.1) is 4.90 Å². The number of H-pyrrole nitrogens is 1. The van der Waals surface area contributed by atoms with E-state index in [1.54, 1.807) is 12.1 Å². The molecule has 0 spiro atoms. The van der Waals surface area contributed by atoms with Crippen LogP contribution in [-0.2, 0) is 16.4 Å². The van der Waals surface area contributed by atoms with Crippen molar-refractivity contribution in [1.29, 1.82) is 0 Å². The molecular formula is C14H14N2O4S. The lowest BCUT2D eigenvalue weighted by Gasteiger charge is -2.05. The molecule has 1 aromatic heterocycles. The van der Waals surface area contributed by atoms with Crippen molar-refractivity contribution in [2.24, 2.45) is 0 Å². The molecule has 0 bridgehead atoms. The van der Waals surface area contributed by atoms with Gasteiger partial charge in [-0.1, -0.05) is 12.1 Å². The molecule has 6 nitrogen and oxygen atoms in total. The molecule has 0 atom stereocenters. The van der Waals surface area contributed by atoms with E-state index in [0.717, 1.165) is 11.8 Å². The summed E-state index contributed by atoms with van der Waals surface area (Å²) in [6, 6.07) is 7.46. The first-order chi connectivity index (χ1) is 9.88. The molecule has 1 heterocycles. The molecule has 0 unspecified atom stereocenters. The monoisotopic (exact) mass is 306 g/mol. The van der Waals surface area contributed by atoms with Crippen LogP contribution in [0.3, 0.4) is 0 Å². The Labute approximate surface area is 121 Å². The van der Waals surface area contributed by atoms with Gasteiger partial charge in [-0.05, 0) is 17.7 Å². The Morgan fingerprint density at radius 3 is 2.43 bits per heavy atom. The molecule has 0 fully saturated rings. The molecule has 0 radical (unpaired) electrons. The minimum atomic E-state index is -3.23. The largest absolute Gasteiger partial charge is 0.367 e. The van der Waals surface area contributed by atoms with Gasteiger partial charge in [-0.15, -0.1) is 0 Å². The zero-order valence-electron chi connectivity index (χ0n) is 11.3. The topological polar surface area (TPSA) is 96.1 Å². The van der Waals surface area contributed by atoms with E-state index in [2.05, 4.69) is 10.3 Å². The Hall–Kier alpha value is -2.41. The van der Waals surface area contributed by atoms with Crippen LogP contribution in [0.25, 0.3) is 0 Å². The van der Waals surface area contributed by atoms with Gasteiger partial charge in [0.25, 0.3) is 5.91 Å². The summed E-state index contributed by atoms with van der Waals surface area (Å²) in [5.74, 6) is -0.482. The number of amides is 1. The molecule has 7 heteroatoms. The average molecular weight is 306 g/mol. The second-order valence-electron chi connectivity index (χ2n) is 4.52. The Morgan fingerprint density at radius 1 is 1.19 bits per heavy atom. The van der Waals surface area contributed by atoms with E-state index in [1.807, 2.05) is 0 Å². The average Bonchev–Trinajstić information content (AvgIpc) is 2.45. The number of rotatable bonds is 4. The first-order valence-electron chi connectivity index (χ1n) is 6.12. The Bertz CT molecular complexity index is 807. The van der Waals surface area contributed by atoms with Crippen molar-refractivity contribution in [2.75, 3.05) is 6.26 Å². The fourth-order valence-corrected chi connectivity index (χ4v) is 2.36. The number of nitrogens with one attached hydrogen (secondary N) is 2. The van der Waals surface area contributed by atoms with Crippen LogP contribution in [0.2, 0.25) is 0 Å². The number of carbonyl (C=O) groups is 1. The molecule has 0 aliphatic heterocycles. The molecule has 0 aliphatic rings. The highest BCUT2D eigenvalue weighted by Gasteiger charge is 2.10. The van der Waals surface area contributed by atoms with E-state index in [-0.39, 0.29) is 22.4 Å². The zero-order chi connectivity index (χ0) is 15.5. The van der Waals surface area contributed by atoms with Gasteiger partial charge in [-0.3, -0.25) is 9.59 Å². The van der Waals surface area contributed by atoms with Crippen molar-refractivity contribution in [2.45, 2.75) is 11.4 Å². The van der Waals surface area contributed by atoms with Crippen LogP contribution >= 0.6 is 0 Å². The summed E-state index contributed by atoms with van der Waals surface area (Å²) >= 11 is 0. The molecule has 1 amide bonds. The summed E-state index contributed by atoms with van der Waals surface area (Å²) in [4.78, 5) is 26.2. The van der Waals surface area contributed by atoms with Crippen molar-refractivity contribution in [3.63, 3.8) is 0 Å². The second kappa shape index (κ2) is 5.92. The van der Waals surface area contributed by atoms with Gasteiger partial charge in [-0.25, -0.2) is 8.42 Å². The lowest BCUT2D eigenvalue weighted by molar-refractivity contribution is 0.0949. The van der Waals surface area contributed by atoms with E-state index in [4.69, 9.17) is 0 Å². The lowest BCUT2D eigenvalue weighted by Crippen LogP contribution is -2.27. The second-order valence-corrected chi connectivity index (χ2v) is 6.54. The van der Waals surface area contributed by atoms with Crippen LogP contribution in [0.5, 0.6) is 0 Å². The number of benzene rings is 1. The summed E-state index contributed by atoms with van der Waals surface area (Å²) in [6.07, 6.45) is 3.92. The maximum atomic E-state index is 11.8. The Morgan fingerprint density at radius 2 is 1.86 bits per heavy atom. The molecule has 0 saturated carbocycles. The maximum Gasteiger partial charge on any atom is 0.257 e. The van der Waals surface area contributed by atoms with Gasteiger partial charge in [0.15, 0.2) is 15.3 Å². The minimum Gasteiger partial charge on any atom is -0.367 e. The summed E-state index contributed by atoms with van der Waals surface area (Å²) < 4.78 is 22.6. The molecule has 2 N–H and O–H groups in total. The van der Waals surface area contributed by atoms with E-state index in [0.29, 0.717) is 0 Å². The van der Waals surface area contributed by atoms with Crippen LogP contribution in [0.4, 0.5) is 0 Å². The van der Waals surface area contributed by atoms with Crippen LogP contribution < -0.4 is 10.7 Å². The zero-order valence-corrected chi connectivity index (χ0v) is 12.1. The number of aromatic nitrogens is 1. The molecule has 21 heavy (non-hydrogen) atoms. The number of sulfone groups is 1. The van der Waals surface area contributed by atoms with Crippen LogP contribution in [-0.4, -0.2) is 25.6 Å². The third-order valence-corrected chi connectivity index (χ3v) is 4.00. The molecule has 0 aliphatic carbocycles. The third kappa shape index (κ3) is 3.79. The SMILES string of the molecule is CS(=O)(=O)c1ccc(CNC(=O)c2c[nH]ccc2=O)cc1. The maximum absolute atomic E-state index is 11.8. The smallest absolute Gasteiger partial charge is 0.257 e. The van der Waals surface area contributed by atoms with Gasteiger partial charge in [-0.2, -0.15) is 0 Å². The first-order valence-corrected chi connectivity index (χ1v) is 8.01. The molecule has 0 saturated heterocycles. The number of hydrogen-bond donors (Lipinski definition) is 2. The first kappa shape index (κ1) is 15.0. The number of carbonyl (C=O) groups excluding carboxylic acids is 1. The van der Waals surface area contributed by atoms with Gasteiger partial charge >= 0.3 is 0 Å². The van der Waals surface area contributed by atoms with Crippen LogP contribution in [0, 0.1) is 0 Å². The van der Waals surface area contributed by atoms with Gasteiger partial charge in [0.1, 0.15) is 5.56 Å². The predicted molar refractivity (Wildman–Crippen MR) is 77.8 cm³/mol. The quantitative estimate of drug-likeness (QED) is 0.869. The van der Waals surface area contributed by atoms with Crippen molar-refractivity contribution in [1.82, 2.24) is 10.3 Å². The fourth-order valence-electron chi connectivity index (χ4n) is 1.73. The Kier molecular flexibility index (Phi) is 4.23. The highest BCUT2D eigenvalue weighted by atomic mass is 32.2. The van der Waals surface area contributed by atoms with Gasteiger partial charge in [0.2, 0.25) is 0 Å². The minimum absolute atomic E-state index is 0.0326. The summed E-state index contributed by atoms with van der Waals surface area (Å²) in [7, 11) is -3.23. The lowest BCUT2D eigenvalue weighted by atomic mass is 10.2. The van der Waals surface area contributed by atoms with Gasteiger partial charge < -0.3 is 10.3 Å². The number of aromatic amines is 1. The van der Waals surface area contributed by atoms with E-state index in [9.17, 15) is 18.0 Å².